The van der Waals surface area contributed by atoms with Gasteiger partial charge in [0.05, 0.1) is 18.7 Å². The van der Waals surface area contributed by atoms with Crippen LogP contribution in [0.5, 0.6) is 0 Å². The first-order valence-electron chi connectivity index (χ1n) is 9.14. The molecule has 3 rings (SSSR count). The number of rotatable bonds is 5. The summed E-state index contributed by atoms with van der Waals surface area (Å²) in [6, 6.07) is 6.72. The third-order valence-corrected chi connectivity index (χ3v) is 5.63. The van der Waals surface area contributed by atoms with Crippen LogP contribution < -0.4 is 10.6 Å². The molecule has 1 atom stereocenters. The Hall–Kier alpha value is -1.81. The molecule has 0 unspecified atom stereocenters. The summed E-state index contributed by atoms with van der Waals surface area (Å²) in [6.07, 6.45) is 4.79. The van der Waals surface area contributed by atoms with E-state index in [9.17, 15) is 14.9 Å². The number of amides is 2. The van der Waals surface area contributed by atoms with Crippen molar-refractivity contribution in [2.75, 3.05) is 18.4 Å². The topological polar surface area (TPSA) is 85.2 Å². The van der Waals surface area contributed by atoms with Crippen LogP contribution in [0.25, 0.3) is 0 Å². The number of benzene rings is 1. The fourth-order valence-corrected chi connectivity index (χ4v) is 4.42. The molecule has 2 amide bonds. The molecule has 0 spiro atoms. The summed E-state index contributed by atoms with van der Waals surface area (Å²) in [5.41, 5.74) is -0.213. The molecule has 2 aliphatic rings. The lowest BCUT2D eigenvalue weighted by molar-refractivity contribution is -0.125. The highest BCUT2D eigenvalue weighted by Gasteiger charge is 2.37. The molecule has 6 nitrogen and oxygen atoms in total. The molecular formula is C19H22Cl2N4O2. The largest absolute Gasteiger partial charge is 0.337 e. The summed E-state index contributed by atoms with van der Waals surface area (Å²) in [6.45, 7) is 0.777. The van der Waals surface area contributed by atoms with Crippen molar-refractivity contribution in [3.05, 3.63) is 28.2 Å². The van der Waals surface area contributed by atoms with E-state index in [1.165, 1.54) is 0 Å². The van der Waals surface area contributed by atoms with Crippen LogP contribution in [-0.4, -0.2) is 41.4 Å². The van der Waals surface area contributed by atoms with Crippen molar-refractivity contribution in [3.63, 3.8) is 0 Å². The summed E-state index contributed by atoms with van der Waals surface area (Å²) < 4.78 is 0. The number of nitrogens with one attached hydrogen (secondary N) is 2. The highest BCUT2D eigenvalue weighted by molar-refractivity contribution is 6.35. The minimum absolute atomic E-state index is 0.109. The summed E-state index contributed by atoms with van der Waals surface area (Å²) in [5, 5.41) is 16.0. The van der Waals surface area contributed by atoms with Gasteiger partial charge in [-0.3, -0.25) is 14.5 Å². The molecule has 8 heteroatoms. The normalized spacial score (nSPS) is 21.6. The maximum absolute atomic E-state index is 12.7. The van der Waals surface area contributed by atoms with E-state index in [0.717, 1.165) is 19.3 Å². The molecule has 1 saturated carbocycles. The first-order chi connectivity index (χ1) is 12.9. The third kappa shape index (κ3) is 4.92. The first-order valence-corrected chi connectivity index (χ1v) is 9.90. The number of nitrogens with zero attached hydrogens (tertiary/aromatic N) is 2. The Kier molecular flexibility index (Phi) is 6.25. The van der Waals surface area contributed by atoms with Crippen LogP contribution in [0.1, 0.15) is 38.5 Å². The smallest absolute Gasteiger partial charge is 0.241 e. The van der Waals surface area contributed by atoms with Gasteiger partial charge < -0.3 is 10.6 Å². The fourth-order valence-electron chi connectivity index (χ4n) is 3.90. The van der Waals surface area contributed by atoms with Gasteiger partial charge in [0, 0.05) is 15.7 Å². The van der Waals surface area contributed by atoms with Crippen LogP contribution in [0.15, 0.2) is 18.2 Å². The van der Waals surface area contributed by atoms with Crippen molar-refractivity contribution < 1.29 is 9.59 Å². The van der Waals surface area contributed by atoms with E-state index in [4.69, 9.17) is 23.2 Å². The Morgan fingerprint density at radius 3 is 2.48 bits per heavy atom. The Morgan fingerprint density at radius 2 is 1.85 bits per heavy atom. The van der Waals surface area contributed by atoms with Crippen molar-refractivity contribution in [1.82, 2.24) is 10.2 Å². The monoisotopic (exact) mass is 408 g/mol. The Morgan fingerprint density at radius 1 is 1.19 bits per heavy atom. The molecule has 2 N–H and O–H groups in total. The van der Waals surface area contributed by atoms with E-state index < -0.39 is 11.6 Å². The summed E-state index contributed by atoms with van der Waals surface area (Å²) >= 11 is 11.9. The fraction of sp³-hybridized carbons (Fsp3) is 0.526. The van der Waals surface area contributed by atoms with Crippen LogP contribution in [-0.2, 0) is 9.59 Å². The Labute approximate surface area is 168 Å². The van der Waals surface area contributed by atoms with E-state index >= 15 is 0 Å². The number of anilines is 1. The third-order valence-electron chi connectivity index (χ3n) is 5.19. The molecule has 0 aromatic heterocycles. The average Bonchev–Trinajstić information content (AvgIpc) is 3.23. The van der Waals surface area contributed by atoms with Crippen molar-refractivity contribution in [1.29, 1.82) is 5.26 Å². The summed E-state index contributed by atoms with van der Waals surface area (Å²) in [4.78, 5) is 27.0. The van der Waals surface area contributed by atoms with Gasteiger partial charge >= 0.3 is 0 Å². The minimum atomic E-state index is -0.744. The van der Waals surface area contributed by atoms with Gasteiger partial charge in [-0.15, -0.1) is 0 Å². The van der Waals surface area contributed by atoms with Crippen LogP contribution >= 0.6 is 23.2 Å². The lowest BCUT2D eigenvalue weighted by Gasteiger charge is -2.26. The minimum Gasteiger partial charge on any atom is -0.337 e. The molecule has 0 bridgehead atoms. The molecule has 1 aliphatic carbocycles. The zero-order valence-electron chi connectivity index (χ0n) is 14.9. The highest BCUT2D eigenvalue weighted by atomic mass is 35.5. The number of carbonyl (C=O) groups excluding carboxylic acids is 2. The molecule has 1 aromatic carbocycles. The van der Waals surface area contributed by atoms with Crippen LogP contribution in [0.4, 0.5) is 5.69 Å². The molecule has 2 fully saturated rings. The molecule has 1 aromatic rings. The molecular weight excluding hydrogens is 387 g/mol. The maximum atomic E-state index is 12.7. The SMILES string of the molecule is N#CC1(NC(=O)CN2CCC[C@H]2C(=O)Nc2cc(Cl)cc(Cl)c2)CCCC1. The number of halogens is 2. The zero-order chi connectivity index (χ0) is 19.4. The van der Waals surface area contributed by atoms with Gasteiger partial charge in [-0.2, -0.15) is 5.26 Å². The summed E-state index contributed by atoms with van der Waals surface area (Å²) in [5.74, 6) is -0.390. The standard InChI is InChI=1S/C19H22Cl2N4O2/c20-13-8-14(21)10-15(9-13)23-18(27)16-4-3-7-25(16)11-17(26)24-19(12-22)5-1-2-6-19/h8-10,16H,1-7,11H2,(H,23,27)(H,24,26)/t16-/m0/s1. The van der Waals surface area contributed by atoms with E-state index in [1.807, 2.05) is 4.90 Å². The number of hydrogen-bond donors (Lipinski definition) is 2. The molecule has 1 saturated heterocycles. The maximum Gasteiger partial charge on any atom is 0.241 e. The molecule has 1 aliphatic heterocycles. The van der Waals surface area contributed by atoms with Gasteiger partial charge in [-0.25, -0.2) is 0 Å². The lowest BCUT2D eigenvalue weighted by atomic mass is 10.00. The van der Waals surface area contributed by atoms with Crippen molar-refractivity contribution in [2.45, 2.75) is 50.1 Å². The van der Waals surface area contributed by atoms with Gasteiger partial charge in [-0.05, 0) is 63.3 Å². The van der Waals surface area contributed by atoms with E-state index in [2.05, 4.69) is 16.7 Å². The van der Waals surface area contributed by atoms with Gasteiger partial charge in [0.15, 0.2) is 0 Å². The van der Waals surface area contributed by atoms with E-state index in [-0.39, 0.29) is 18.4 Å². The van der Waals surface area contributed by atoms with Crippen molar-refractivity contribution >= 4 is 40.7 Å². The Balaban J connectivity index is 1.60. The van der Waals surface area contributed by atoms with E-state index in [1.54, 1.807) is 18.2 Å². The Bertz CT molecular complexity index is 751. The quantitative estimate of drug-likeness (QED) is 0.781. The highest BCUT2D eigenvalue weighted by Crippen LogP contribution is 2.29. The number of likely N-dealkylation sites (tertiary alicyclic amines) is 1. The molecule has 144 valence electrons. The number of carbonyl (C=O) groups is 2. The average molecular weight is 409 g/mol. The zero-order valence-corrected chi connectivity index (χ0v) is 16.4. The molecule has 0 radical (unpaired) electrons. The lowest BCUT2D eigenvalue weighted by Crippen LogP contribution is -2.51. The predicted octanol–water partition coefficient (Wildman–Crippen LogP) is 3.35. The van der Waals surface area contributed by atoms with Crippen LogP contribution in [0.2, 0.25) is 10.0 Å². The van der Waals surface area contributed by atoms with Gasteiger partial charge in [0.25, 0.3) is 0 Å². The van der Waals surface area contributed by atoms with Crippen molar-refractivity contribution in [2.24, 2.45) is 0 Å². The van der Waals surface area contributed by atoms with Gasteiger partial charge in [0.1, 0.15) is 5.54 Å². The van der Waals surface area contributed by atoms with Gasteiger partial charge in [0.2, 0.25) is 11.8 Å². The van der Waals surface area contributed by atoms with Crippen LogP contribution in [0, 0.1) is 11.3 Å². The number of hydrogen-bond acceptors (Lipinski definition) is 4. The first kappa shape index (κ1) is 19.9. The number of nitriles is 1. The van der Waals surface area contributed by atoms with Gasteiger partial charge in [-0.1, -0.05) is 23.2 Å². The second kappa shape index (κ2) is 8.47. The van der Waals surface area contributed by atoms with Crippen LogP contribution in [0.3, 0.4) is 0 Å². The molecule has 1 heterocycles. The predicted molar refractivity (Wildman–Crippen MR) is 105 cm³/mol. The second-order valence-electron chi connectivity index (χ2n) is 7.23. The molecule has 27 heavy (non-hydrogen) atoms. The summed E-state index contributed by atoms with van der Waals surface area (Å²) in [7, 11) is 0. The second-order valence-corrected chi connectivity index (χ2v) is 8.10. The van der Waals surface area contributed by atoms with E-state index in [0.29, 0.717) is 41.5 Å². The van der Waals surface area contributed by atoms with Crippen molar-refractivity contribution in [3.8, 4) is 6.07 Å².